The van der Waals surface area contributed by atoms with E-state index in [2.05, 4.69) is 59.1 Å². The SMILES string of the molecule is CCCCCCCCCCCCN(CCCCCCCCCCCC)CCN(CCCCCCCCCCCC)CCN1CCN(CCN(CCCCCCCCCCCC)CCCCC(CCCCC)C(=O)O)CC1. The molecule has 0 amide bonds. The molecule has 0 aromatic carbocycles. The minimum Gasteiger partial charge on any atom is -0.481 e. The minimum atomic E-state index is -0.574. The van der Waals surface area contributed by atoms with E-state index in [1.165, 1.54) is 342 Å². The molecule has 7 heteroatoms. The van der Waals surface area contributed by atoms with Gasteiger partial charge in [0.05, 0.1) is 5.92 Å². The highest BCUT2D eigenvalue weighted by Gasteiger charge is 2.20. The van der Waals surface area contributed by atoms with Crippen molar-refractivity contribution in [3.63, 3.8) is 0 Å². The van der Waals surface area contributed by atoms with E-state index in [4.69, 9.17) is 0 Å². The fourth-order valence-corrected chi connectivity index (χ4v) is 12.1. The summed E-state index contributed by atoms with van der Waals surface area (Å²) in [6.45, 7) is 29.9. The number of carboxylic acids is 1. The smallest absolute Gasteiger partial charge is 0.306 e. The number of carbonyl (C=O) groups is 1. The largest absolute Gasteiger partial charge is 0.481 e. The van der Waals surface area contributed by atoms with Crippen molar-refractivity contribution in [2.45, 2.75) is 336 Å². The van der Waals surface area contributed by atoms with Gasteiger partial charge in [0, 0.05) is 65.4 Å². The number of piperazine rings is 1. The van der Waals surface area contributed by atoms with Crippen LogP contribution in [-0.4, -0.2) is 134 Å². The second-order valence-corrected chi connectivity index (χ2v) is 25.0. The number of unbranched alkanes of at least 4 members (excludes halogenated alkanes) is 39. The summed E-state index contributed by atoms with van der Waals surface area (Å²) < 4.78 is 0. The first-order valence-corrected chi connectivity index (χ1v) is 35.3. The maximum absolute atomic E-state index is 12.0. The number of carboxylic acid groups (broad SMARTS) is 1. The number of rotatable bonds is 63. The van der Waals surface area contributed by atoms with E-state index >= 15 is 0 Å². The maximum Gasteiger partial charge on any atom is 0.306 e. The third-order valence-electron chi connectivity index (χ3n) is 17.8. The lowest BCUT2D eigenvalue weighted by molar-refractivity contribution is -0.142. The van der Waals surface area contributed by atoms with Gasteiger partial charge in [0.1, 0.15) is 0 Å². The number of nitrogens with zero attached hydrogens (tertiary/aromatic N) is 5. The minimum absolute atomic E-state index is 0.154. The van der Waals surface area contributed by atoms with E-state index in [0.717, 1.165) is 58.0 Å². The predicted molar refractivity (Wildman–Crippen MR) is 339 cm³/mol. The van der Waals surface area contributed by atoms with Crippen LogP contribution >= 0.6 is 0 Å². The molecule has 0 aromatic heterocycles. The van der Waals surface area contributed by atoms with Crippen LogP contribution < -0.4 is 0 Å². The molecule has 1 saturated heterocycles. The van der Waals surface area contributed by atoms with Crippen molar-refractivity contribution in [3.8, 4) is 0 Å². The van der Waals surface area contributed by atoms with Crippen LogP contribution in [0.1, 0.15) is 336 Å². The summed E-state index contributed by atoms with van der Waals surface area (Å²) in [6.07, 6.45) is 63.8. The molecule has 7 nitrogen and oxygen atoms in total. The Morgan fingerprint density at radius 2 is 0.487 bits per heavy atom. The van der Waals surface area contributed by atoms with Crippen molar-refractivity contribution in [3.05, 3.63) is 0 Å². The van der Waals surface area contributed by atoms with Crippen LogP contribution in [0.2, 0.25) is 0 Å². The third kappa shape index (κ3) is 49.1. The Morgan fingerprint density at radius 1 is 0.289 bits per heavy atom. The Bertz CT molecular complexity index is 1110. The summed E-state index contributed by atoms with van der Waals surface area (Å²) in [5.41, 5.74) is 0. The number of hydrogen-bond acceptors (Lipinski definition) is 6. The first-order chi connectivity index (χ1) is 37.5. The van der Waals surface area contributed by atoms with Gasteiger partial charge in [-0.05, 0) is 77.7 Å². The summed E-state index contributed by atoms with van der Waals surface area (Å²) in [5, 5.41) is 9.90. The highest BCUT2D eigenvalue weighted by molar-refractivity contribution is 5.69. The maximum atomic E-state index is 12.0. The second kappa shape index (κ2) is 58.9. The summed E-state index contributed by atoms with van der Waals surface area (Å²) in [6, 6.07) is 0. The quantitative estimate of drug-likeness (QED) is 0.0609. The van der Waals surface area contributed by atoms with Gasteiger partial charge in [0.15, 0.2) is 0 Å². The monoisotopic (exact) mass is 1070 g/mol. The third-order valence-corrected chi connectivity index (χ3v) is 17.8. The Morgan fingerprint density at radius 3 is 0.750 bits per heavy atom. The number of hydrogen-bond donors (Lipinski definition) is 1. The zero-order valence-corrected chi connectivity index (χ0v) is 53.0. The van der Waals surface area contributed by atoms with Gasteiger partial charge in [0.2, 0.25) is 0 Å². The van der Waals surface area contributed by atoms with Gasteiger partial charge in [-0.15, -0.1) is 0 Å². The molecule has 1 N–H and O–H groups in total. The molecule has 1 fully saturated rings. The Hall–Kier alpha value is -0.730. The van der Waals surface area contributed by atoms with E-state index in [9.17, 15) is 9.90 Å². The molecule has 0 aromatic rings. The fraction of sp³-hybridized carbons (Fsp3) is 0.986. The fourth-order valence-electron chi connectivity index (χ4n) is 12.1. The Balaban J connectivity index is 2.78. The van der Waals surface area contributed by atoms with E-state index in [0.29, 0.717) is 0 Å². The van der Waals surface area contributed by atoms with Gasteiger partial charge in [-0.3, -0.25) is 14.6 Å². The first kappa shape index (κ1) is 73.3. The Labute approximate surface area is 478 Å². The van der Waals surface area contributed by atoms with Crippen LogP contribution in [0.15, 0.2) is 0 Å². The number of aliphatic carboxylic acids is 1. The average Bonchev–Trinajstić information content (AvgIpc) is 3.42. The molecule has 76 heavy (non-hydrogen) atoms. The van der Waals surface area contributed by atoms with Crippen LogP contribution in [0.25, 0.3) is 0 Å². The average molecular weight is 1070 g/mol. The summed E-state index contributed by atoms with van der Waals surface area (Å²) in [4.78, 5) is 26.1. The summed E-state index contributed by atoms with van der Waals surface area (Å²) in [7, 11) is 0. The van der Waals surface area contributed by atoms with Gasteiger partial charge in [-0.1, -0.05) is 291 Å². The van der Waals surface area contributed by atoms with Crippen molar-refractivity contribution in [2.24, 2.45) is 5.92 Å². The molecule has 1 rings (SSSR count). The molecular formula is C69H141N5O2. The molecule has 0 spiro atoms. The van der Waals surface area contributed by atoms with Crippen molar-refractivity contribution < 1.29 is 9.90 Å². The van der Waals surface area contributed by atoms with Crippen molar-refractivity contribution in [1.82, 2.24) is 24.5 Å². The van der Waals surface area contributed by atoms with Gasteiger partial charge in [0.25, 0.3) is 0 Å². The summed E-state index contributed by atoms with van der Waals surface area (Å²) in [5.74, 6) is -0.728. The molecule has 1 atom stereocenters. The van der Waals surface area contributed by atoms with Crippen LogP contribution in [-0.2, 0) is 4.79 Å². The van der Waals surface area contributed by atoms with Crippen LogP contribution in [0.3, 0.4) is 0 Å². The van der Waals surface area contributed by atoms with Crippen molar-refractivity contribution in [1.29, 1.82) is 0 Å². The molecule has 1 heterocycles. The van der Waals surface area contributed by atoms with Gasteiger partial charge in [-0.25, -0.2) is 0 Å². The van der Waals surface area contributed by atoms with Gasteiger partial charge < -0.3 is 19.8 Å². The molecule has 454 valence electrons. The molecule has 0 aliphatic carbocycles. The molecule has 0 saturated carbocycles. The molecule has 1 unspecified atom stereocenters. The molecule has 1 aliphatic rings. The predicted octanol–water partition coefficient (Wildman–Crippen LogP) is 19.6. The lowest BCUT2D eigenvalue weighted by atomic mass is 9.95. The van der Waals surface area contributed by atoms with Gasteiger partial charge in [-0.2, -0.15) is 0 Å². The standard InChI is InChI=1S/C69H141N5O2/c1-6-11-16-20-24-28-32-36-40-46-53-70(54-47-41-37-33-29-25-21-17-12-7-2)58-60-72(56-49-43-39-35-31-27-23-19-14-9-4)61-63-74-66-64-73(65-67-74)62-59-71(55-48-42-38-34-30-26-22-18-13-8-3)57-50-45-52-68(69(75)76)51-44-15-10-5/h68H,6-67H2,1-5H3,(H,75,76). The molecule has 0 radical (unpaired) electrons. The zero-order chi connectivity index (χ0) is 54.9. The highest BCUT2D eigenvalue weighted by atomic mass is 16.4. The van der Waals surface area contributed by atoms with E-state index in [1.807, 2.05) is 0 Å². The van der Waals surface area contributed by atoms with Gasteiger partial charge >= 0.3 is 5.97 Å². The molecule has 0 bridgehead atoms. The second-order valence-electron chi connectivity index (χ2n) is 25.0. The molecule has 1 aliphatic heterocycles. The van der Waals surface area contributed by atoms with Crippen LogP contribution in [0.5, 0.6) is 0 Å². The molecular weight excluding hydrogens is 931 g/mol. The van der Waals surface area contributed by atoms with E-state index in [-0.39, 0.29) is 5.92 Å². The zero-order valence-electron chi connectivity index (χ0n) is 53.0. The lowest BCUT2D eigenvalue weighted by Crippen LogP contribution is -2.50. The lowest BCUT2D eigenvalue weighted by Gasteiger charge is -2.37. The van der Waals surface area contributed by atoms with E-state index in [1.54, 1.807) is 0 Å². The van der Waals surface area contributed by atoms with Crippen LogP contribution in [0, 0.1) is 5.92 Å². The van der Waals surface area contributed by atoms with Crippen molar-refractivity contribution >= 4 is 5.97 Å². The normalized spacial score (nSPS) is 14.1. The van der Waals surface area contributed by atoms with Crippen molar-refractivity contribution in [2.75, 3.05) is 98.2 Å². The summed E-state index contributed by atoms with van der Waals surface area (Å²) >= 11 is 0. The highest BCUT2D eigenvalue weighted by Crippen LogP contribution is 2.19. The Kier molecular flexibility index (Phi) is 56.8. The first-order valence-electron chi connectivity index (χ1n) is 35.3. The topological polar surface area (TPSA) is 53.5 Å². The van der Waals surface area contributed by atoms with Crippen LogP contribution in [0.4, 0.5) is 0 Å². The van der Waals surface area contributed by atoms with E-state index < -0.39 is 5.97 Å².